The van der Waals surface area contributed by atoms with E-state index in [0.29, 0.717) is 6.42 Å². The second kappa shape index (κ2) is 5.42. The van der Waals surface area contributed by atoms with Gasteiger partial charge < -0.3 is 5.73 Å². The number of carbonyl (C=O) groups is 1. The van der Waals surface area contributed by atoms with E-state index >= 15 is 0 Å². The molecule has 2 N–H and O–H groups in total. The molecule has 118 valence electrons. The van der Waals surface area contributed by atoms with Crippen LogP contribution in [0.4, 0.5) is 4.79 Å². The van der Waals surface area contributed by atoms with Crippen LogP contribution in [0, 0.1) is 0 Å². The lowest BCUT2D eigenvalue weighted by atomic mass is 9.69. The maximum atomic E-state index is 11.7. The number of hydrogen-bond donors (Lipinski definition) is 1. The third-order valence-corrected chi connectivity index (χ3v) is 4.49. The van der Waals surface area contributed by atoms with Crippen LogP contribution in [0.25, 0.3) is 6.08 Å². The molecule has 3 aromatic rings. The quantitative estimate of drug-likeness (QED) is 0.784. The maximum Gasteiger partial charge on any atom is 0.339 e. The molecule has 0 aromatic carbocycles. The lowest BCUT2D eigenvalue weighted by Crippen LogP contribution is -2.33. The third-order valence-electron chi connectivity index (χ3n) is 4.49. The van der Waals surface area contributed by atoms with Crippen LogP contribution >= 0.6 is 0 Å². The minimum atomic E-state index is -0.579. The molecule has 0 fully saturated rings. The minimum Gasteiger partial charge on any atom is -0.350 e. The summed E-state index contributed by atoms with van der Waals surface area (Å²) in [5, 5.41) is 4.12. The molecule has 1 aliphatic rings. The summed E-state index contributed by atoms with van der Waals surface area (Å²) in [6.07, 6.45) is 13.5. The Bertz CT molecular complexity index is 876. The number of allylic oxidation sites excluding steroid dienone is 1. The largest absolute Gasteiger partial charge is 0.350 e. The van der Waals surface area contributed by atoms with Gasteiger partial charge in [0, 0.05) is 42.2 Å². The van der Waals surface area contributed by atoms with Gasteiger partial charge in [0.1, 0.15) is 0 Å². The number of pyridine rings is 2. The molecule has 0 atom stereocenters. The number of aromatic nitrogens is 4. The van der Waals surface area contributed by atoms with Gasteiger partial charge >= 0.3 is 6.03 Å². The first-order chi connectivity index (χ1) is 11.7. The molecule has 6 heteroatoms. The predicted octanol–water partition coefficient (Wildman–Crippen LogP) is 2.16. The smallest absolute Gasteiger partial charge is 0.339 e. The topological polar surface area (TPSA) is 86.7 Å². The van der Waals surface area contributed by atoms with Crippen LogP contribution < -0.4 is 5.73 Å². The fourth-order valence-electron chi connectivity index (χ4n) is 3.31. The number of fused-ring (bicyclic) bond motifs is 1. The fraction of sp³-hybridized carbons (Fsp3) is 0.111. The Morgan fingerprint density at radius 2 is 1.62 bits per heavy atom. The fourth-order valence-corrected chi connectivity index (χ4v) is 3.31. The van der Waals surface area contributed by atoms with Crippen LogP contribution in [0.3, 0.4) is 0 Å². The Balaban J connectivity index is 1.93. The van der Waals surface area contributed by atoms with Crippen molar-refractivity contribution < 1.29 is 4.79 Å². The van der Waals surface area contributed by atoms with Gasteiger partial charge in [-0.3, -0.25) is 9.97 Å². The van der Waals surface area contributed by atoms with Crippen LogP contribution in [0.1, 0.15) is 22.4 Å². The van der Waals surface area contributed by atoms with Gasteiger partial charge in [-0.05, 0) is 35.4 Å². The summed E-state index contributed by atoms with van der Waals surface area (Å²) in [6.45, 7) is 0. The molecular weight excluding hydrogens is 302 g/mol. The zero-order valence-electron chi connectivity index (χ0n) is 12.8. The van der Waals surface area contributed by atoms with Crippen LogP contribution in [0.15, 0.2) is 61.3 Å². The van der Waals surface area contributed by atoms with Crippen molar-refractivity contribution in [1.82, 2.24) is 19.7 Å². The summed E-state index contributed by atoms with van der Waals surface area (Å²) in [4.78, 5) is 19.9. The summed E-state index contributed by atoms with van der Waals surface area (Å²) < 4.78 is 1.27. The summed E-state index contributed by atoms with van der Waals surface area (Å²) >= 11 is 0. The summed E-state index contributed by atoms with van der Waals surface area (Å²) in [5.41, 5.74) is 8.93. The van der Waals surface area contributed by atoms with Gasteiger partial charge in [-0.25, -0.2) is 4.79 Å². The Morgan fingerprint density at radius 3 is 2.17 bits per heavy atom. The maximum absolute atomic E-state index is 11.7. The van der Waals surface area contributed by atoms with E-state index < -0.39 is 11.4 Å². The summed E-state index contributed by atoms with van der Waals surface area (Å²) in [7, 11) is 0. The molecule has 1 amide bonds. The van der Waals surface area contributed by atoms with E-state index in [2.05, 4.69) is 21.1 Å². The monoisotopic (exact) mass is 317 g/mol. The first kappa shape index (κ1) is 14.3. The van der Waals surface area contributed by atoms with Crippen LogP contribution in [0.2, 0.25) is 0 Å². The number of nitrogens with zero attached hydrogens (tertiary/aromatic N) is 4. The van der Waals surface area contributed by atoms with E-state index in [9.17, 15) is 4.79 Å². The van der Waals surface area contributed by atoms with E-state index in [0.717, 1.165) is 22.4 Å². The standard InChI is InChI=1S/C18H15N5O/c19-17(24)23-16-11-18(6-1-13(16)12-22-23,14-2-7-20-8-3-14)15-4-9-21-10-5-15/h1-10,12H,11H2,(H2,19,24). The number of nitrogens with two attached hydrogens (primary N) is 1. The minimum absolute atomic E-state index is 0.424. The number of rotatable bonds is 2. The average Bonchev–Trinajstić information content (AvgIpc) is 3.06. The van der Waals surface area contributed by atoms with E-state index in [-0.39, 0.29) is 0 Å². The SMILES string of the molecule is NC(=O)n1ncc2c1CC(c1ccncc1)(c1ccncc1)C=C2. The van der Waals surface area contributed by atoms with Gasteiger partial charge in [0.15, 0.2) is 0 Å². The predicted molar refractivity (Wildman–Crippen MR) is 89.2 cm³/mol. The van der Waals surface area contributed by atoms with Crippen molar-refractivity contribution in [3.8, 4) is 0 Å². The Morgan fingerprint density at radius 1 is 1.04 bits per heavy atom. The van der Waals surface area contributed by atoms with E-state index in [1.807, 2.05) is 30.3 Å². The Kier molecular flexibility index (Phi) is 3.23. The second-order valence-corrected chi connectivity index (χ2v) is 5.75. The van der Waals surface area contributed by atoms with Crippen LogP contribution in [-0.2, 0) is 11.8 Å². The van der Waals surface area contributed by atoms with Crippen LogP contribution in [-0.4, -0.2) is 25.8 Å². The van der Waals surface area contributed by atoms with Gasteiger partial charge in [-0.2, -0.15) is 9.78 Å². The van der Waals surface area contributed by atoms with Crippen molar-refractivity contribution in [2.24, 2.45) is 5.73 Å². The van der Waals surface area contributed by atoms with Crippen molar-refractivity contribution >= 4 is 12.1 Å². The molecule has 24 heavy (non-hydrogen) atoms. The highest BCUT2D eigenvalue weighted by atomic mass is 16.2. The lowest BCUT2D eigenvalue weighted by Gasteiger charge is -2.34. The molecule has 0 radical (unpaired) electrons. The zero-order chi connectivity index (χ0) is 16.6. The van der Waals surface area contributed by atoms with Gasteiger partial charge in [-0.1, -0.05) is 12.2 Å². The second-order valence-electron chi connectivity index (χ2n) is 5.75. The van der Waals surface area contributed by atoms with Gasteiger partial charge in [-0.15, -0.1) is 0 Å². The van der Waals surface area contributed by atoms with Gasteiger partial charge in [0.25, 0.3) is 0 Å². The first-order valence-electron chi connectivity index (χ1n) is 7.58. The van der Waals surface area contributed by atoms with E-state index in [1.165, 1.54) is 4.68 Å². The number of hydrogen-bond acceptors (Lipinski definition) is 4. The average molecular weight is 317 g/mol. The summed E-state index contributed by atoms with van der Waals surface area (Å²) in [5.74, 6) is 0. The molecule has 0 unspecified atom stereocenters. The Labute approximate surface area is 138 Å². The summed E-state index contributed by atoms with van der Waals surface area (Å²) in [6, 6.07) is 7.37. The van der Waals surface area contributed by atoms with E-state index in [1.54, 1.807) is 31.0 Å². The molecule has 0 saturated carbocycles. The highest BCUT2D eigenvalue weighted by molar-refractivity contribution is 5.77. The number of primary amides is 1. The molecule has 4 rings (SSSR count). The molecule has 3 aromatic heterocycles. The van der Waals surface area contributed by atoms with Gasteiger partial charge in [0.05, 0.1) is 11.9 Å². The molecular formula is C18H15N5O. The van der Waals surface area contributed by atoms with Crippen molar-refractivity contribution in [3.05, 3.63) is 83.7 Å². The van der Waals surface area contributed by atoms with E-state index in [4.69, 9.17) is 5.73 Å². The molecule has 0 bridgehead atoms. The van der Waals surface area contributed by atoms with Crippen molar-refractivity contribution in [3.63, 3.8) is 0 Å². The third kappa shape index (κ3) is 2.11. The van der Waals surface area contributed by atoms with Crippen molar-refractivity contribution in [1.29, 1.82) is 0 Å². The normalized spacial score (nSPS) is 15.0. The zero-order valence-corrected chi connectivity index (χ0v) is 12.8. The molecule has 6 nitrogen and oxygen atoms in total. The highest BCUT2D eigenvalue weighted by Crippen LogP contribution is 2.41. The van der Waals surface area contributed by atoms with Gasteiger partial charge in [0.2, 0.25) is 0 Å². The number of carbonyl (C=O) groups excluding carboxylic acids is 1. The first-order valence-corrected chi connectivity index (χ1v) is 7.58. The molecule has 0 aliphatic heterocycles. The molecule has 1 aliphatic carbocycles. The highest BCUT2D eigenvalue weighted by Gasteiger charge is 2.37. The Hall–Kier alpha value is -3.28. The number of amides is 1. The van der Waals surface area contributed by atoms with Crippen molar-refractivity contribution in [2.75, 3.05) is 0 Å². The van der Waals surface area contributed by atoms with Crippen molar-refractivity contribution in [2.45, 2.75) is 11.8 Å². The molecule has 3 heterocycles. The van der Waals surface area contributed by atoms with Crippen LogP contribution in [0.5, 0.6) is 0 Å². The lowest BCUT2D eigenvalue weighted by molar-refractivity contribution is 0.246. The molecule has 0 spiro atoms. The molecule has 0 saturated heterocycles.